The minimum atomic E-state index is -0.548. The fourth-order valence-electron chi connectivity index (χ4n) is 3.14. The molecule has 2 aliphatic rings. The van der Waals surface area contributed by atoms with Crippen molar-refractivity contribution in [2.24, 2.45) is 5.92 Å². The lowest BCUT2D eigenvalue weighted by atomic mass is 10.1. The predicted molar refractivity (Wildman–Crippen MR) is 98.5 cm³/mol. The maximum Gasteiger partial charge on any atom is 0.314 e. The molecule has 2 amide bonds. The number of nitrogens with zero attached hydrogens (tertiary/aromatic N) is 2. The van der Waals surface area contributed by atoms with Crippen LogP contribution in [0.4, 0.5) is 0 Å². The van der Waals surface area contributed by atoms with Crippen LogP contribution in [-0.2, 0) is 21.0 Å². The van der Waals surface area contributed by atoms with Gasteiger partial charge in [0.25, 0.3) is 11.8 Å². The topological polar surface area (TPSA) is 76.2 Å². The summed E-state index contributed by atoms with van der Waals surface area (Å²) < 4.78 is 5.36. The molecule has 0 aliphatic carbocycles. The van der Waals surface area contributed by atoms with Gasteiger partial charge in [-0.05, 0) is 23.8 Å². The second kappa shape index (κ2) is 7.66. The van der Waals surface area contributed by atoms with Gasteiger partial charge in [-0.25, -0.2) is 0 Å². The van der Waals surface area contributed by atoms with Crippen LogP contribution in [0.25, 0.3) is 0 Å². The summed E-state index contributed by atoms with van der Waals surface area (Å²) in [6.07, 6.45) is 2.97. The zero-order valence-corrected chi connectivity index (χ0v) is 15.0. The minimum absolute atomic E-state index is 0.0703. The molecular weight excluding hydrogens is 360 g/mol. The Balaban J connectivity index is 1.36. The highest BCUT2D eigenvalue weighted by Gasteiger charge is 2.37. The zero-order chi connectivity index (χ0) is 19.5. The summed E-state index contributed by atoms with van der Waals surface area (Å²) in [4.78, 5) is 43.8. The molecule has 0 radical (unpaired) electrons. The van der Waals surface area contributed by atoms with Crippen LogP contribution in [0.2, 0.25) is 0 Å². The number of imide groups is 1. The van der Waals surface area contributed by atoms with Gasteiger partial charge in [0.15, 0.2) is 0 Å². The lowest BCUT2D eigenvalue weighted by Gasteiger charge is -2.29. The van der Waals surface area contributed by atoms with Gasteiger partial charge >= 0.3 is 5.97 Å². The number of amides is 2. The van der Waals surface area contributed by atoms with Crippen molar-refractivity contribution in [2.45, 2.75) is 6.61 Å². The Labute approximate surface area is 161 Å². The molecule has 142 valence electrons. The average molecular weight is 378 g/mol. The highest BCUT2D eigenvalue weighted by Crippen LogP contribution is 2.23. The van der Waals surface area contributed by atoms with Crippen LogP contribution in [0.15, 0.2) is 66.9 Å². The Morgan fingerprint density at radius 2 is 1.64 bits per heavy atom. The third-order valence-electron chi connectivity index (χ3n) is 4.63. The van der Waals surface area contributed by atoms with E-state index in [1.165, 1.54) is 11.3 Å². The number of ether oxygens (including phenoxy) is 1. The maximum absolute atomic E-state index is 12.5. The van der Waals surface area contributed by atoms with Crippen LogP contribution in [0.5, 0.6) is 0 Å². The molecule has 1 atom stereocenters. The number of benzene rings is 2. The molecule has 0 saturated heterocycles. The molecule has 0 saturated carbocycles. The van der Waals surface area contributed by atoms with E-state index in [1.54, 1.807) is 30.3 Å². The van der Waals surface area contributed by atoms with Gasteiger partial charge in [0.2, 0.25) is 0 Å². The van der Waals surface area contributed by atoms with Gasteiger partial charge in [0, 0.05) is 0 Å². The monoisotopic (exact) mass is 378 g/mol. The van der Waals surface area contributed by atoms with Crippen molar-refractivity contribution in [3.8, 4) is 0 Å². The van der Waals surface area contributed by atoms with Crippen molar-refractivity contribution in [1.29, 1.82) is 0 Å². The molecule has 0 N–H and O–H groups in total. The number of esters is 1. The lowest BCUT2D eigenvalue weighted by molar-refractivity contribution is -0.164. The zero-order valence-electron chi connectivity index (χ0n) is 15.0. The highest BCUT2D eigenvalue weighted by atomic mass is 16.7. The van der Waals surface area contributed by atoms with Gasteiger partial charge < -0.3 is 9.57 Å². The molecule has 0 unspecified atom stereocenters. The standard InChI is InChI=1S/C21H18N2O5/c24-19-17-8-4-5-9-18(17)20(25)23(19)14-22-12-16(10-11-28-22)21(26)27-13-15-6-2-1-3-7-15/h1-11,16H,12-14H2/t16-/m1/s1. The number of hydroxylamine groups is 2. The third-order valence-corrected chi connectivity index (χ3v) is 4.63. The Morgan fingerprint density at radius 1 is 1.00 bits per heavy atom. The predicted octanol–water partition coefficient (Wildman–Crippen LogP) is 2.36. The van der Waals surface area contributed by atoms with Gasteiger partial charge in [0.1, 0.15) is 19.5 Å². The smallest absolute Gasteiger partial charge is 0.314 e. The van der Waals surface area contributed by atoms with Gasteiger partial charge in [-0.2, -0.15) is 0 Å². The van der Waals surface area contributed by atoms with Gasteiger partial charge in [-0.15, -0.1) is 5.06 Å². The second-order valence-corrected chi connectivity index (χ2v) is 6.52. The van der Waals surface area contributed by atoms with E-state index >= 15 is 0 Å². The quantitative estimate of drug-likeness (QED) is 0.587. The first-order valence-electron chi connectivity index (χ1n) is 8.87. The van der Waals surface area contributed by atoms with Crippen LogP contribution in [0.3, 0.4) is 0 Å². The number of rotatable bonds is 5. The lowest BCUT2D eigenvalue weighted by Crippen LogP contribution is -2.44. The summed E-state index contributed by atoms with van der Waals surface area (Å²) >= 11 is 0. The second-order valence-electron chi connectivity index (χ2n) is 6.52. The van der Waals surface area contributed by atoms with E-state index in [9.17, 15) is 14.4 Å². The normalized spacial score (nSPS) is 18.7. The molecule has 7 heteroatoms. The summed E-state index contributed by atoms with van der Waals surface area (Å²) in [7, 11) is 0. The van der Waals surface area contributed by atoms with Crippen molar-refractivity contribution in [2.75, 3.05) is 13.2 Å². The molecule has 0 fully saturated rings. The van der Waals surface area contributed by atoms with Crippen molar-refractivity contribution >= 4 is 17.8 Å². The summed E-state index contributed by atoms with van der Waals surface area (Å²) in [5.74, 6) is -1.69. The Bertz CT molecular complexity index is 906. The fourth-order valence-corrected chi connectivity index (χ4v) is 3.14. The molecule has 7 nitrogen and oxygen atoms in total. The number of carbonyl (C=O) groups is 3. The molecule has 0 aromatic heterocycles. The van der Waals surface area contributed by atoms with Crippen molar-refractivity contribution in [1.82, 2.24) is 9.96 Å². The highest BCUT2D eigenvalue weighted by molar-refractivity contribution is 6.21. The first-order chi connectivity index (χ1) is 13.6. The molecule has 0 bridgehead atoms. The molecular formula is C21H18N2O5. The molecule has 2 aromatic carbocycles. The Morgan fingerprint density at radius 3 is 2.32 bits per heavy atom. The van der Waals surface area contributed by atoms with E-state index in [0.717, 1.165) is 10.5 Å². The fraction of sp³-hybridized carbons (Fsp3) is 0.190. The molecule has 2 heterocycles. The summed E-state index contributed by atoms with van der Waals surface area (Å²) in [6, 6.07) is 16.1. The first-order valence-corrected chi connectivity index (χ1v) is 8.87. The third kappa shape index (κ3) is 3.52. The van der Waals surface area contributed by atoms with Crippen LogP contribution < -0.4 is 0 Å². The summed E-state index contributed by atoms with van der Waals surface area (Å²) in [5.41, 5.74) is 1.65. The van der Waals surface area contributed by atoms with E-state index in [-0.39, 0.29) is 31.6 Å². The molecule has 0 spiro atoms. The largest absolute Gasteiger partial charge is 0.460 e. The molecule has 4 rings (SSSR count). The number of carbonyl (C=O) groups excluding carboxylic acids is 3. The summed E-state index contributed by atoms with van der Waals surface area (Å²) in [6.45, 7) is 0.292. The van der Waals surface area contributed by atoms with Crippen LogP contribution >= 0.6 is 0 Å². The minimum Gasteiger partial charge on any atom is -0.460 e. The number of hydrogen-bond acceptors (Lipinski definition) is 6. The van der Waals surface area contributed by atoms with Crippen molar-refractivity contribution in [3.05, 3.63) is 83.6 Å². The maximum atomic E-state index is 12.5. The van der Waals surface area contributed by atoms with Crippen LogP contribution in [-0.4, -0.2) is 41.0 Å². The van der Waals surface area contributed by atoms with Crippen molar-refractivity contribution in [3.63, 3.8) is 0 Å². The van der Waals surface area contributed by atoms with E-state index < -0.39 is 11.9 Å². The van der Waals surface area contributed by atoms with Crippen LogP contribution in [0.1, 0.15) is 26.3 Å². The van der Waals surface area contributed by atoms with Gasteiger partial charge in [0.05, 0.1) is 23.6 Å². The van der Waals surface area contributed by atoms with Crippen molar-refractivity contribution < 1.29 is 24.0 Å². The Hall–Kier alpha value is -3.45. The number of hydrogen-bond donors (Lipinski definition) is 0. The van der Waals surface area contributed by atoms with Gasteiger partial charge in [-0.3, -0.25) is 19.3 Å². The molecule has 2 aliphatic heterocycles. The number of fused-ring (bicyclic) bond motifs is 1. The average Bonchev–Trinajstić information content (AvgIpc) is 2.98. The Kier molecular flexibility index (Phi) is 4.90. The SMILES string of the molecule is O=C(OCc1ccccc1)[C@@H]1C=CON(CN2C(=O)c3ccccc3C2=O)C1. The van der Waals surface area contributed by atoms with E-state index in [0.29, 0.717) is 11.1 Å². The molecule has 28 heavy (non-hydrogen) atoms. The van der Waals surface area contributed by atoms with E-state index in [4.69, 9.17) is 9.57 Å². The van der Waals surface area contributed by atoms with Crippen LogP contribution in [0, 0.1) is 5.92 Å². The first kappa shape index (κ1) is 17.9. The summed E-state index contributed by atoms with van der Waals surface area (Å²) in [5, 5.41) is 1.40. The molecule has 2 aromatic rings. The van der Waals surface area contributed by atoms with E-state index in [2.05, 4.69) is 0 Å². The van der Waals surface area contributed by atoms with E-state index in [1.807, 2.05) is 30.3 Å². The van der Waals surface area contributed by atoms with Gasteiger partial charge in [-0.1, -0.05) is 42.5 Å².